The third-order valence-corrected chi connectivity index (χ3v) is 2.80. The van der Waals surface area contributed by atoms with Crippen LogP contribution in [-0.2, 0) is 0 Å². The molecule has 0 saturated carbocycles. The van der Waals surface area contributed by atoms with E-state index >= 15 is 0 Å². The first kappa shape index (κ1) is 12.9. The molecule has 2 aromatic rings. The smallest absolute Gasteiger partial charge is 0.141 e. The van der Waals surface area contributed by atoms with Crippen molar-refractivity contribution in [3.63, 3.8) is 0 Å². The van der Waals surface area contributed by atoms with Gasteiger partial charge < -0.3 is 10.1 Å². The normalized spacial score (nSPS) is 11.4. The van der Waals surface area contributed by atoms with Crippen LogP contribution in [0.1, 0.15) is 17.3 Å². The molecule has 1 aromatic carbocycles. The summed E-state index contributed by atoms with van der Waals surface area (Å²) in [5, 5.41) is 12.4. The summed E-state index contributed by atoms with van der Waals surface area (Å²) in [5.74, 6) is 0.788. The van der Waals surface area contributed by atoms with Gasteiger partial charge in [-0.15, -0.1) is 0 Å². The van der Waals surface area contributed by atoms with Crippen LogP contribution in [0.4, 0.5) is 5.69 Å². The van der Waals surface area contributed by atoms with Gasteiger partial charge in [0.25, 0.3) is 0 Å². The molecule has 1 atom stereocenters. The lowest BCUT2D eigenvalue weighted by atomic mass is 10.1. The van der Waals surface area contributed by atoms with Gasteiger partial charge in [-0.1, -0.05) is 6.07 Å². The molecule has 19 heavy (non-hydrogen) atoms. The fraction of sp³-hybridized carbons (Fsp3) is 0.200. The van der Waals surface area contributed by atoms with Crippen LogP contribution in [0, 0.1) is 18.3 Å². The Bertz CT molecular complexity index is 570. The topological polar surface area (TPSA) is 57.9 Å². The Morgan fingerprint density at radius 2 is 1.95 bits per heavy atom. The van der Waals surface area contributed by atoms with Crippen LogP contribution < -0.4 is 10.1 Å². The lowest BCUT2D eigenvalue weighted by Crippen LogP contribution is -2.08. The summed E-state index contributed by atoms with van der Waals surface area (Å²) in [6.07, 6.45) is 1.72. The van der Waals surface area contributed by atoms with Gasteiger partial charge in [-0.05, 0) is 37.3 Å². The molecule has 1 heterocycles. The highest BCUT2D eigenvalue weighted by molar-refractivity contribution is 5.49. The maximum atomic E-state index is 9.25. The second kappa shape index (κ2) is 5.87. The maximum Gasteiger partial charge on any atom is 0.141 e. The third-order valence-electron chi connectivity index (χ3n) is 2.80. The number of nitriles is 1. The summed E-state index contributed by atoms with van der Waals surface area (Å²) < 4.78 is 5.10. The zero-order valence-corrected chi connectivity index (χ0v) is 10.9. The number of hydrogen-bond acceptors (Lipinski definition) is 4. The van der Waals surface area contributed by atoms with Crippen LogP contribution in [0.2, 0.25) is 0 Å². The summed E-state index contributed by atoms with van der Waals surface area (Å²) in [5.41, 5.74) is 2.65. The molecule has 0 aliphatic heterocycles. The van der Waals surface area contributed by atoms with Gasteiger partial charge in [0.05, 0.1) is 13.2 Å². The zero-order valence-electron chi connectivity index (χ0n) is 10.9. The van der Waals surface area contributed by atoms with E-state index in [4.69, 9.17) is 4.74 Å². The van der Waals surface area contributed by atoms with Crippen LogP contribution >= 0.6 is 0 Å². The summed E-state index contributed by atoms with van der Waals surface area (Å²) in [6, 6.07) is 13.1. The number of nitrogens with one attached hydrogen (secondary N) is 1. The van der Waals surface area contributed by atoms with Crippen molar-refractivity contribution in [3.05, 3.63) is 53.9 Å². The quantitative estimate of drug-likeness (QED) is 0.909. The van der Waals surface area contributed by atoms with Gasteiger partial charge in [0, 0.05) is 23.1 Å². The molecule has 0 radical (unpaired) electrons. The SMILES string of the molecule is COc1ccc(NC(C#N)c2ccc(C)nc2)cc1. The van der Waals surface area contributed by atoms with E-state index in [-0.39, 0.29) is 0 Å². The van der Waals surface area contributed by atoms with Crippen LogP contribution in [0.3, 0.4) is 0 Å². The molecule has 0 aliphatic rings. The van der Waals surface area contributed by atoms with E-state index in [0.29, 0.717) is 0 Å². The highest BCUT2D eigenvalue weighted by atomic mass is 16.5. The number of benzene rings is 1. The van der Waals surface area contributed by atoms with Crippen molar-refractivity contribution < 1.29 is 4.74 Å². The molecule has 4 nitrogen and oxygen atoms in total. The summed E-state index contributed by atoms with van der Waals surface area (Å²) in [6.45, 7) is 1.92. The number of pyridine rings is 1. The molecule has 1 N–H and O–H groups in total. The average molecular weight is 253 g/mol. The molecule has 0 fully saturated rings. The Morgan fingerprint density at radius 3 is 2.47 bits per heavy atom. The van der Waals surface area contributed by atoms with E-state index in [1.165, 1.54) is 0 Å². The van der Waals surface area contributed by atoms with Crippen LogP contribution in [0.15, 0.2) is 42.6 Å². The molecule has 0 aliphatic carbocycles. The number of ether oxygens (including phenoxy) is 1. The molecule has 0 amide bonds. The molecule has 96 valence electrons. The zero-order chi connectivity index (χ0) is 13.7. The van der Waals surface area contributed by atoms with Gasteiger partial charge in [0.15, 0.2) is 0 Å². The van der Waals surface area contributed by atoms with E-state index < -0.39 is 6.04 Å². The maximum absolute atomic E-state index is 9.25. The number of anilines is 1. The van der Waals surface area contributed by atoms with Crippen LogP contribution in [0.5, 0.6) is 5.75 Å². The average Bonchev–Trinajstić information content (AvgIpc) is 2.46. The molecule has 0 saturated heterocycles. The number of rotatable bonds is 4. The number of nitrogens with zero attached hydrogens (tertiary/aromatic N) is 2. The molecule has 4 heteroatoms. The molecule has 1 unspecified atom stereocenters. The number of aryl methyl sites for hydroxylation is 1. The first-order valence-electron chi connectivity index (χ1n) is 5.95. The molecule has 0 bridgehead atoms. The Kier molecular flexibility index (Phi) is 3.99. The standard InChI is InChI=1S/C15H15N3O/c1-11-3-4-12(10-17-11)15(9-16)18-13-5-7-14(19-2)8-6-13/h3-8,10,15,18H,1-2H3. The Labute approximate surface area is 112 Å². The minimum absolute atomic E-state index is 0.415. The number of methoxy groups -OCH3 is 1. The second-order valence-electron chi connectivity index (χ2n) is 4.17. The van der Waals surface area contributed by atoms with Crippen molar-refractivity contribution in [2.75, 3.05) is 12.4 Å². The van der Waals surface area contributed by atoms with Crippen molar-refractivity contribution in [2.24, 2.45) is 0 Å². The molecule has 2 rings (SSSR count). The summed E-state index contributed by atoms with van der Waals surface area (Å²) in [7, 11) is 1.62. The minimum atomic E-state index is -0.415. The molecule has 1 aromatic heterocycles. The van der Waals surface area contributed by atoms with Crippen molar-refractivity contribution in [1.29, 1.82) is 5.26 Å². The second-order valence-corrected chi connectivity index (χ2v) is 4.17. The fourth-order valence-electron chi connectivity index (χ4n) is 1.69. The molecule has 0 spiro atoms. The third kappa shape index (κ3) is 3.23. The highest BCUT2D eigenvalue weighted by Crippen LogP contribution is 2.21. The van der Waals surface area contributed by atoms with Crippen molar-refractivity contribution in [3.8, 4) is 11.8 Å². The Morgan fingerprint density at radius 1 is 1.21 bits per heavy atom. The first-order chi connectivity index (χ1) is 9.22. The van der Waals surface area contributed by atoms with Gasteiger partial charge >= 0.3 is 0 Å². The van der Waals surface area contributed by atoms with Gasteiger partial charge in [-0.25, -0.2) is 0 Å². The lowest BCUT2D eigenvalue weighted by Gasteiger charge is -2.13. The van der Waals surface area contributed by atoms with Gasteiger partial charge in [0.2, 0.25) is 0 Å². The van der Waals surface area contributed by atoms with Crippen LogP contribution in [0.25, 0.3) is 0 Å². The van der Waals surface area contributed by atoms with E-state index in [1.807, 2.05) is 43.3 Å². The predicted molar refractivity (Wildman–Crippen MR) is 73.9 cm³/mol. The predicted octanol–water partition coefficient (Wildman–Crippen LogP) is 3.08. The van der Waals surface area contributed by atoms with Crippen LogP contribution in [-0.4, -0.2) is 12.1 Å². The van der Waals surface area contributed by atoms with Crippen molar-refractivity contribution >= 4 is 5.69 Å². The lowest BCUT2D eigenvalue weighted by molar-refractivity contribution is 0.415. The number of aromatic nitrogens is 1. The first-order valence-corrected chi connectivity index (χ1v) is 5.95. The highest BCUT2D eigenvalue weighted by Gasteiger charge is 2.10. The summed E-state index contributed by atoms with van der Waals surface area (Å²) >= 11 is 0. The van der Waals surface area contributed by atoms with E-state index in [2.05, 4.69) is 16.4 Å². The van der Waals surface area contributed by atoms with Gasteiger partial charge in [-0.3, -0.25) is 4.98 Å². The monoisotopic (exact) mass is 253 g/mol. The van der Waals surface area contributed by atoms with Gasteiger partial charge in [0.1, 0.15) is 11.8 Å². The molecular formula is C15H15N3O. The minimum Gasteiger partial charge on any atom is -0.497 e. The Hall–Kier alpha value is -2.54. The number of hydrogen-bond donors (Lipinski definition) is 1. The van der Waals surface area contributed by atoms with E-state index in [9.17, 15) is 5.26 Å². The Balaban J connectivity index is 2.14. The van der Waals surface area contributed by atoms with E-state index in [0.717, 1.165) is 22.7 Å². The molecular weight excluding hydrogens is 238 g/mol. The van der Waals surface area contributed by atoms with Crippen molar-refractivity contribution in [1.82, 2.24) is 4.98 Å². The fourth-order valence-corrected chi connectivity index (χ4v) is 1.69. The largest absolute Gasteiger partial charge is 0.497 e. The van der Waals surface area contributed by atoms with E-state index in [1.54, 1.807) is 13.3 Å². The summed E-state index contributed by atoms with van der Waals surface area (Å²) in [4.78, 5) is 4.21. The van der Waals surface area contributed by atoms with Crippen molar-refractivity contribution in [2.45, 2.75) is 13.0 Å². The van der Waals surface area contributed by atoms with Gasteiger partial charge in [-0.2, -0.15) is 5.26 Å².